The number of hydrogen-bond acceptors (Lipinski definition) is 8. The van der Waals surface area contributed by atoms with Crippen LogP contribution in [0.3, 0.4) is 0 Å². The molecule has 1 saturated carbocycles. The van der Waals surface area contributed by atoms with Crippen molar-refractivity contribution in [1.82, 2.24) is 15.6 Å². The smallest absolute Gasteiger partial charge is 0.242 e. The van der Waals surface area contributed by atoms with Crippen molar-refractivity contribution < 1.29 is 33.0 Å². The van der Waals surface area contributed by atoms with Gasteiger partial charge in [-0.2, -0.15) is 0 Å². The Bertz CT molecular complexity index is 2210. The van der Waals surface area contributed by atoms with Gasteiger partial charge in [-0.05, 0) is 110 Å². The van der Waals surface area contributed by atoms with E-state index in [-0.39, 0.29) is 23.1 Å². The Morgan fingerprint density at radius 2 is 1.35 bits per heavy atom. The molecular weight excluding hydrogens is 824 g/mol. The van der Waals surface area contributed by atoms with Crippen LogP contribution in [0.25, 0.3) is 10.9 Å². The number of aromatic nitrogens is 1. The predicted octanol–water partition coefficient (Wildman–Crippen LogP) is 10.7. The van der Waals surface area contributed by atoms with Crippen LogP contribution >= 0.6 is 0 Å². The maximum Gasteiger partial charge on any atom is 0.242 e. The van der Waals surface area contributed by atoms with E-state index in [2.05, 4.69) is 37.2 Å². The summed E-state index contributed by atoms with van der Waals surface area (Å²) in [5.41, 5.74) is 1.35. The van der Waals surface area contributed by atoms with Gasteiger partial charge in [-0.25, -0.2) is 4.39 Å². The molecule has 13 heteroatoms. The zero-order valence-corrected chi connectivity index (χ0v) is 39.0. The molecule has 1 aromatic heterocycles. The van der Waals surface area contributed by atoms with Gasteiger partial charge >= 0.3 is 0 Å². The summed E-state index contributed by atoms with van der Waals surface area (Å²) < 4.78 is 25.6. The lowest BCUT2D eigenvalue weighted by atomic mass is 9.86. The van der Waals surface area contributed by atoms with Gasteiger partial charge in [-0.3, -0.25) is 24.2 Å². The minimum atomic E-state index is -1.16. The largest absolute Gasteiger partial charge is 0.495 e. The number of carbonyl (C=O) groups excluding carboxylic acids is 4. The minimum absolute atomic E-state index is 0.0443. The zero-order valence-electron chi connectivity index (χ0n) is 39.0. The van der Waals surface area contributed by atoms with Gasteiger partial charge in [0.25, 0.3) is 0 Å². The molecule has 65 heavy (non-hydrogen) atoms. The molecule has 2 aliphatic rings. The van der Waals surface area contributed by atoms with E-state index >= 15 is 0 Å². The molecule has 2 heterocycles. The first-order valence-electron chi connectivity index (χ1n) is 23.7. The fraction of sp³-hybridized carbons (Fsp3) is 0.519. The number of carbonyl (C=O) groups is 4. The minimum Gasteiger partial charge on any atom is -0.495 e. The number of piperidine rings is 1. The number of likely N-dealkylation sites (N-methyl/N-ethyl adjacent to an activating group) is 1. The van der Waals surface area contributed by atoms with E-state index in [1.165, 1.54) is 75.6 Å². The van der Waals surface area contributed by atoms with Crippen molar-refractivity contribution in [2.24, 2.45) is 16.7 Å². The third-order valence-corrected chi connectivity index (χ3v) is 13.0. The highest BCUT2D eigenvalue weighted by Crippen LogP contribution is 2.48. The summed E-state index contributed by atoms with van der Waals surface area (Å²) in [6, 6.07) is 17.9. The Morgan fingerprint density at radius 1 is 0.785 bits per heavy atom. The first-order chi connectivity index (χ1) is 31.3. The average molecular weight is 893 g/mol. The molecule has 0 unspecified atom stereocenters. The van der Waals surface area contributed by atoms with Gasteiger partial charge in [0.1, 0.15) is 34.5 Å². The third-order valence-electron chi connectivity index (χ3n) is 13.0. The molecular formula is C52H69FN6O6. The lowest BCUT2D eigenvalue weighted by molar-refractivity contribution is -0.131. The van der Waals surface area contributed by atoms with Crippen molar-refractivity contribution in [1.29, 1.82) is 0 Å². The Hall–Kier alpha value is -5.72. The summed E-state index contributed by atoms with van der Waals surface area (Å²) in [5.74, 6) is 1.35. The molecule has 4 N–H and O–H groups in total. The molecule has 2 fully saturated rings. The second kappa shape index (κ2) is 22.9. The maximum atomic E-state index is 13.3. The second-order valence-corrected chi connectivity index (χ2v) is 19.0. The van der Waals surface area contributed by atoms with Crippen LogP contribution in [-0.4, -0.2) is 61.9 Å². The Balaban J connectivity index is 0.872. The molecule has 12 nitrogen and oxygen atoms in total. The number of benzene rings is 3. The van der Waals surface area contributed by atoms with Crippen LogP contribution in [0, 0.1) is 22.6 Å². The lowest BCUT2D eigenvalue weighted by Gasteiger charge is -2.34. The van der Waals surface area contributed by atoms with Crippen LogP contribution in [-0.2, 0) is 19.2 Å². The number of unbranched alkanes of at least 4 members (excludes halogenated alkanes) is 9. The van der Waals surface area contributed by atoms with E-state index in [0.717, 1.165) is 73.5 Å². The molecule has 1 atom stereocenters. The monoisotopic (exact) mass is 893 g/mol. The number of halogens is 1. The fourth-order valence-corrected chi connectivity index (χ4v) is 8.73. The molecule has 1 saturated heterocycles. The Kier molecular flexibility index (Phi) is 17.2. The summed E-state index contributed by atoms with van der Waals surface area (Å²) in [6.45, 7) is 7.84. The zero-order chi connectivity index (χ0) is 46.4. The molecule has 4 aromatic rings. The van der Waals surface area contributed by atoms with E-state index in [0.29, 0.717) is 42.1 Å². The highest BCUT2D eigenvalue weighted by molar-refractivity contribution is 6.17. The third kappa shape index (κ3) is 13.7. The Labute approximate surface area is 384 Å². The highest BCUT2D eigenvalue weighted by Gasteiger charge is 2.56. The molecule has 0 radical (unpaired) electrons. The summed E-state index contributed by atoms with van der Waals surface area (Å²) in [4.78, 5) is 57.9. The second-order valence-electron chi connectivity index (χ2n) is 19.0. The SMILES string of the molecule is CNC(=O)[C@@H](NC(=O)CCCCCCCCCCCCC1CCN(c2cc3nccc(Oc4ccc(NC(=O)C5(C(=O)Nc6ccc(F)cc6)CC5)cc4)c3cc2OC)CC1)C(C)(C)C. The normalized spacial score (nSPS) is 15.2. The number of amides is 4. The van der Waals surface area contributed by atoms with Crippen molar-refractivity contribution in [2.45, 2.75) is 130 Å². The van der Waals surface area contributed by atoms with Crippen molar-refractivity contribution in [3.05, 3.63) is 78.7 Å². The van der Waals surface area contributed by atoms with Gasteiger partial charge in [0.2, 0.25) is 23.6 Å². The van der Waals surface area contributed by atoms with Crippen LogP contribution in [0.4, 0.5) is 21.5 Å². The van der Waals surface area contributed by atoms with Gasteiger partial charge in [-0.15, -0.1) is 0 Å². The first kappa shape index (κ1) is 48.7. The van der Waals surface area contributed by atoms with E-state index in [4.69, 9.17) is 9.47 Å². The van der Waals surface area contributed by atoms with Crippen molar-refractivity contribution in [3.63, 3.8) is 0 Å². The van der Waals surface area contributed by atoms with Gasteiger partial charge in [0.05, 0.1) is 18.3 Å². The average Bonchev–Trinajstić information content (AvgIpc) is 4.12. The molecule has 1 aliphatic heterocycles. The number of nitrogens with one attached hydrogen (secondary N) is 4. The van der Waals surface area contributed by atoms with Crippen LogP contribution in [0.15, 0.2) is 72.9 Å². The van der Waals surface area contributed by atoms with Gasteiger partial charge in [0, 0.05) is 49.5 Å². The first-order valence-corrected chi connectivity index (χ1v) is 23.7. The van der Waals surface area contributed by atoms with Crippen molar-refractivity contribution in [2.75, 3.05) is 42.8 Å². The Morgan fingerprint density at radius 3 is 1.91 bits per heavy atom. The number of rotatable bonds is 23. The number of ether oxygens (including phenoxy) is 2. The van der Waals surface area contributed by atoms with E-state index in [1.807, 2.05) is 32.9 Å². The maximum absolute atomic E-state index is 13.3. The van der Waals surface area contributed by atoms with E-state index in [1.54, 1.807) is 44.6 Å². The van der Waals surface area contributed by atoms with Crippen molar-refractivity contribution >= 4 is 51.6 Å². The van der Waals surface area contributed by atoms with E-state index in [9.17, 15) is 23.6 Å². The number of hydrogen-bond donors (Lipinski definition) is 4. The topological polar surface area (TPSA) is 151 Å². The molecule has 0 bridgehead atoms. The molecule has 4 amide bonds. The molecule has 6 rings (SSSR count). The lowest BCUT2D eigenvalue weighted by Crippen LogP contribution is -2.52. The molecule has 1 aliphatic carbocycles. The summed E-state index contributed by atoms with van der Waals surface area (Å²) in [7, 11) is 3.30. The van der Waals surface area contributed by atoms with Crippen LogP contribution in [0.2, 0.25) is 0 Å². The highest BCUT2D eigenvalue weighted by atomic mass is 19.1. The number of pyridine rings is 1. The quantitative estimate of drug-likeness (QED) is 0.0424. The predicted molar refractivity (Wildman–Crippen MR) is 256 cm³/mol. The number of nitrogens with zero attached hydrogens (tertiary/aromatic N) is 2. The molecule has 350 valence electrons. The van der Waals surface area contributed by atoms with E-state index < -0.39 is 23.2 Å². The standard InChI is InChI=1S/C52H69FN6O6/c1-51(2,3)47(48(61)54-4)58-46(60)17-15-13-11-9-7-6-8-10-12-14-16-36-27-32-59(33-28-36)43-35-42-41(34-45(43)64-5)44(26-31-55-42)65-40-24-22-39(23-25-40)57-50(63)52(29-30-52)49(62)56-38-20-18-37(53)19-21-38/h18-26,31,34-36,47H,6-17,27-30,32-33H2,1-5H3,(H,54,61)(H,56,62)(H,57,63)(H,58,60)/t47-/m1/s1. The summed E-state index contributed by atoms with van der Waals surface area (Å²) in [5, 5.41) is 12.0. The van der Waals surface area contributed by atoms with Crippen LogP contribution in [0.5, 0.6) is 17.2 Å². The molecule has 3 aromatic carbocycles. The van der Waals surface area contributed by atoms with Gasteiger partial charge in [0.15, 0.2) is 0 Å². The summed E-state index contributed by atoms with van der Waals surface area (Å²) >= 11 is 0. The van der Waals surface area contributed by atoms with Crippen molar-refractivity contribution in [3.8, 4) is 17.2 Å². The number of methoxy groups -OCH3 is 1. The number of anilines is 3. The van der Waals surface area contributed by atoms with Crippen LogP contribution < -0.4 is 35.6 Å². The summed E-state index contributed by atoms with van der Waals surface area (Å²) in [6.07, 6.45) is 18.6. The fourth-order valence-electron chi connectivity index (χ4n) is 8.73. The van der Waals surface area contributed by atoms with Gasteiger partial charge in [-0.1, -0.05) is 85.0 Å². The molecule has 0 spiro atoms. The van der Waals surface area contributed by atoms with Crippen LogP contribution in [0.1, 0.15) is 124 Å². The number of fused-ring (bicyclic) bond motifs is 1. The van der Waals surface area contributed by atoms with Gasteiger partial charge < -0.3 is 35.6 Å².